The number of ether oxygens (including phenoxy) is 4. The first-order valence-corrected chi connectivity index (χ1v) is 11.5. The van der Waals surface area contributed by atoms with Crippen LogP contribution in [0, 0.1) is 0 Å². The molecule has 1 unspecified atom stereocenters. The Morgan fingerprint density at radius 3 is 2.49 bits per heavy atom. The third-order valence-electron chi connectivity index (χ3n) is 5.08. The Labute approximate surface area is 213 Å². The molecule has 0 saturated carbocycles. The highest BCUT2D eigenvalue weighted by Gasteiger charge is 2.33. The second kappa shape index (κ2) is 11.8. The number of anilines is 1. The second-order valence-corrected chi connectivity index (χ2v) is 8.22. The molecule has 1 amide bonds. The number of carbonyl (C=O) groups is 2. The molecule has 0 radical (unpaired) electrons. The number of carbonyl (C=O) groups excluding carboxylic acids is 2. The van der Waals surface area contributed by atoms with Crippen LogP contribution in [0.1, 0.15) is 25.5 Å². The minimum Gasteiger partial charge on any atom is -0.497 e. The Balaban J connectivity index is 2.02. The van der Waals surface area contributed by atoms with Crippen LogP contribution in [-0.2, 0) is 14.3 Å². The Morgan fingerprint density at radius 1 is 1.14 bits per heavy atom. The zero-order valence-electron chi connectivity index (χ0n) is 19.7. The fourth-order valence-electron chi connectivity index (χ4n) is 3.54. The number of amides is 1. The van der Waals surface area contributed by atoms with E-state index in [2.05, 4.69) is 16.0 Å². The molecule has 2 aromatic rings. The molecule has 1 aliphatic heterocycles. The summed E-state index contributed by atoms with van der Waals surface area (Å²) in [6.07, 6.45) is 0. The molecule has 0 aromatic heterocycles. The Morgan fingerprint density at radius 2 is 1.86 bits per heavy atom. The Bertz CT molecular complexity index is 1150. The molecule has 3 rings (SSSR count). The number of allylic oxidation sites excluding steroid dienone is 1. The number of methoxy groups -OCH3 is 2. The Hall–Kier alpha value is -3.50. The van der Waals surface area contributed by atoms with Gasteiger partial charge in [-0.25, -0.2) is 4.79 Å². The van der Waals surface area contributed by atoms with Crippen LogP contribution < -0.4 is 30.2 Å². The highest BCUT2D eigenvalue weighted by atomic mass is 35.5. The van der Waals surface area contributed by atoms with Crippen LogP contribution in [0.15, 0.2) is 47.7 Å². The number of halogens is 1. The van der Waals surface area contributed by atoms with Gasteiger partial charge in [0.2, 0.25) is 0 Å². The van der Waals surface area contributed by atoms with Crippen LogP contribution in [-0.4, -0.2) is 44.4 Å². The topological polar surface area (TPSA) is 107 Å². The zero-order valence-corrected chi connectivity index (χ0v) is 21.3. The molecular weight excluding hydrogens is 494 g/mol. The zero-order chi connectivity index (χ0) is 25.5. The SMILES string of the molecule is CCOC(=O)COc1c(OC)cc(Cl)cc1C1NC(=S)NC(C)=C1C(=O)Nc1ccc(OC)cc1. The van der Waals surface area contributed by atoms with Crippen molar-refractivity contribution >= 4 is 46.5 Å². The minimum atomic E-state index is -0.758. The standard InChI is InChI=1S/C24H26ClN3O6S/c1-5-33-19(29)12-34-22-17(10-14(25)11-18(22)32-4)21-20(13(2)26-24(35)28-21)23(30)27-15-6-8-16(31-3)9-7-15/h6-11,21H,5,12H2,1-4H3,(H,27,30)(H2,26,28,35). The van der Waals surface area contributed by atoms with Gasteiger partial charge in [-0.2, -0.15) is 0 Å². The predicted octanol–water partition coefficient (Wildman–Crippen LogP) is 3.73. The molecule has 9 nitrogen and oxygen atoms in total. The van der Waals surface area contributed by atoms with Crippen LogP contribution in [0.3, 0.4) is 0 Å². The van der Waals surface area contributed by atoms with Gasteiger partial charge in [-0.15, -0.1) is 0 Å². The van der Waals surface area contributed by atoms with Gasteiger partial charge in [0.1, 0.15) is 5.75 Å². The molecule has 35 heavy (non-hydrogen) atoms. The van der Waals surface area contributed by atoms with Crippen molar-refractivity contribution in [1.29, 1.82) is 0 Å². The Kier molecular flexibility index (Phi) is 8.78. The number of benzene rings is 2. The van der Waals surface area contributed by atoms with Crippen LogP contribution >= 0.6 is 23.8 Å². The predicted molar refractivity (Wildman–Crippen MR) is 136 cm³/mol. The van der Waals surface area contributed by atoms with Gasteiger partial charge in [0, 0.05) is 28.0 Å². The van der Waals surface area contributed by atoms with E-state index in [0.717, 1.165) is 0 Å². The summed E-state index contributed by atoms with van der Waals surface area (Å²) < 4.78 is 21.4. The second-order valence-electron chi connectivity index (χ2n) is 7.37. The van der Waals surface area contributed by atoms with Crippen molar-refractivity contribution in [2.75, 3.05) is 32.8 Å². The van der Waals surface area contributed by atoms with Crippen molar-refractivity contribution in [2.24, 2.45) is 0 Å². The third-order valence-corrected chi connectivity index (χ3v) is 5.52. The van der Waals surface area contributed by atoms with Crippen molar-refractivity contribution in [2.45, 2.75) is 19.9 Å². The molecule has 0 bridgehead atoms. The smallest absolute Gasteiger partial charge is 0.344 e. The van der Waals surface area contributed by atoms with E-state index in [1.54, 1.807) is 57.4 Å². The van der Waals surface area contributed by atoms with Gasteiger partial charge in [0.05, 0.1) is 32.4 Å². The van der Waals surface area contributed by atoms with Crippen molar-refractivity contribution in [3.8, 4) is 17.2 Å². The lowest BCUT2D eigenvalue weighted by atomic mass is 9.93. The fourth-order valence-corrected chi connectivity index (χ4v) is 4.03. The molecule has 0 spiro atoms. The van der Waals surface area contributed by atoms with Gasteiger partial charge >= 0.3 is 5.97 Å². The lowest BCUT2D eigenvalue weighted by molar-refractivity contribution is -0.145. The molecule has 3 N–H and O–H groups in total. The number of esters is 1. The number of rotatable bonds is 9. The van der Waals surface area contributed by atoms with Crippen LogP contribution in [0.25, 0.3) is 0 Å². The highest BCUT2D eigenvalue weighted by molar-refractivity contribution is 7.80. The van der Waals surface area contributed by atoms with Crippen LogP contribution in [0.2, 0.25) is 5.02 Å². The number of nitrogens with one attached hydrogen (secondary N) is 3. The van der Waals surface area contributed by atoms with Crippen molar-refractivity contribution < 1.29 is 28.5 Å². The summed E-state index contributed by atoms with van der Waals surface area (Å²) in [5.41, 5.74) is 1.92. The first kappa shape index (κ1) is 26.1. The van der Waals surface area contributed by atoms with E-state index >= 15 is 0 Å². The molecule has 0 saturated heterocycles. The summed E-state index contributed by atoms with van der Waals surface area (Å²) in [6, 6.07) is 9.36. The molecule has 0 aliphatic carbocycles. The van der Waals surface area contributed by atoms with E-state index in [1.807, 2.05) is 0 Å². The van der Waals surface area contributed by atoms with Gasteiger partial charge in [-0.1, -0.05) is 11.6 Å². The molecule has 1 atom stereocenters. The van der Waals surface area contributed by atoms with Gasteiger partial charge in [-0.05, 0) is 56.4 Å². The fraction of sp³-hybridized carbons (Fsp3) is 0.292. The van der Waals surface area contributed by atoms with E-state index in [9.17, 15) is 9.59 Å². The molecule has 2 aromatic carbocycles. The lowest BCUT2D eigenvalue weighted by Gasteiger charge is -2.31. The summed E-state index contributed by atoms with van der Waals surface area (Å²) in [5, 5.41) is 9.62. The first-order chi connectivity index (χ1) is 16.8. The number of thiocarbonyl (C=S) groups is 1. The maximum Gasteiger partial charge on any atom is 0.344 e. The van der Waals surface area contributed by atoms with E-state index in [-0.39, 0.29) is 30.6 Å². The summed E-state index contributed by atoms with van der Waals surface area (Å²) in [6.45, 7) is 3.30. The van der Waals surface area contributed by atoms with Crippen molar-refractivity contribution in [3.63, 3.8) is 0 Å². The normalized spacial score (nSPS) is 15.0. The number of hydrogen-bond acceptors (Lipinski definition) is 7. The average Bonchev–Trinajstić information content (AvgIpc) is 2.82. The average molecular weight is 520 g/mol. The first-order valence-electron chi connectivity index (χ1n) is 10.7. The molecule has 1 heterocycles. The monoisotopic (exact) mass is 519 g/mol. The molecule has 0 fully saturated rings. The van der Waals surface area contributed by atoms with E-state index in [4.69, 9.17) is 42.8 Å². The molecular formula is C24H26ClN3O6S. The van der Waals surface area contributed by atoms with Gasteiger partial charge in [0.15, 0.2) is 23.2 Å². The molecule has 1 aliphatic rings. The highest BCUT2D eigenvalue weighted by Crippen LogP contribution is 2.41. The molecule has 186 valence electrons. The maximum atomic E-state index is 13.4. The number of hydrogen-bond donors (Lipinski definition) is 3. The van der Waals surface area contributed by atoms with Crippen LogP contribution in [0.4, 0.5) is 5.69 Å². The van der Waals surface area contributed by atoms with E-state index in [0.29, 0.717) is 38.4 Å². The quantitative estimate of drug-likeness (QED) is 0.337. The van der Waals surface area contributed by atoms with Gasteiger partial charge < -0.3 is 34.9 Å². The van der Waals surface area contributed by atoms with Crippen molar-refractivity contribution in [1.82, 2.24) is 10.6 Å². The molecule has 11 heteroatoms. The lowest BCUT2D eigenvalue weighted by Crippen LogP contribution is -2.46. The summed E-state index contributed by atoms with van der Waals surface area (Å²) in [7, 11) is 3.01. The van der Waals surface area contributed by atoms with Crippen LogP contribution in [0.5, 0.6) is 17.2 Å². The van der Waals surface area contributed by atoms with E-state index in [1.165, 1.54) is 7.11 Å². The largest absolute Gasteiger partial charge is 0.497 e. The third kappa shape index (κ3) is 6.34. The summed E-state index contributed by atoms with van der Waals surface area (Å²) in [5.74, 6) is 0.256. The minimum absolute atomic E-state index is 0.217. The maximum absolute atomic E-state index is 13.4. The van der Waals surface area contributed by atoms with Gasteiger partial charge in [0.25, 0.3) is 5.91 Å². The summed E-state index contributed by atoms with van der Waals surface area (Å²) in [4.78, 5) is 25.4. The van der Waals surface area contributed by atoms with E-state index < -0.39 is 12.0 Å². The van der Waals surface area contributed by atoms with Gasteiger partial charge in [-0.3, -0.25) is 4.79 Å². The summed E-state index contributed by atoms with van der Waals surface area (Å²) >= 11 is 11.7. The van der Waals surface area contributed by atoms with Crippen molar-refractivity contribution in [3.05, 3.63) is 58.3 Å².